The van der Waals surface area contributed by atoms with Crippen LogP contribution in [0.5, 0.6) is 0 Å². The summed E-state index contributed by atoms with van der Waals surface area (Å²) in [5.41, 5.74) is 1.07. The van der Waals surface area contributed by atoms with Crippen molar-refractivity contribution >= 4 is 11.8 Å². The van der Waals surface area contributed by atoms with Crippen molar-refractivity contribution in [2.75, 3.05) is 12.1 Å². The van der Waals surface area contributed by atoms with Crippen molar-refractivity contribution in [2.45, 2.75) is 37.8 Å². The summed E-state index contributed by atoms with van der Waals surface area (Å²) in [5, 5.41) is 8.64. The molecule has 2 unspecified atom stereocenters. The molecule has 1 aromatic heterocycles. The topological polar surface area (TPSA) is 103 Å². The van der Waals surface area contributed by atoms with Crippen LogP contribution in [0.4, 0.5) is 19.0 Å². The van der Waals surface area contributed by atoms with Gasteiger partial charge in [-0.1, -0.05) is 0 Å². The molecule has 1 aromatic rings. The molecule has 8 nitrogen and oxygen atoms in total. The molecule has 11 heteroatoms. The molecule has 0 aliphatic carbocycles. The minimum Gasteiger partial charge on any atom is -0.463 e. The molecule has 23 heavy (non-hydrogen) atoms. The smallest absolute Gasteiger partial charge is 0.399 e. The van der Waals surface area contributed by atoms with E-state index in [9.17, 15) is 22.8 Å². The second-order valence-corrected chi connectivity index (χ2v) is 4.88. The van der Waals surface area contributed by atoms with Gasteiger partial charge in [0.25, 0.3) is 0 Å². The van der Waals surface area contributed by atoms with Crippen molar-refractivity contribution in [3.63, 3.8) is 0 Å². The normalized spacial score (nSPS) is 21.2. The molecule has 0 bridgehead atoms. The lowest BCUT2D eigenvalue weighted by Crippen LogP contribution is -2.28. The molecule has 1 saturated heterocycles. The summed E-state index contributed by atoms with van der Waals surface area (Å²) in [7, 11) is 0. The van der Waals surface area contributed by atoms with E-state index >= 15 is 0 Å². The van der Waals surface area contributed by atoms with E-state index in [2.05, 4.69) is 9.72 Å². The largest absolute Gasteiger partial charge is 0.463 e. The third-order valence-electron chi connectivity index (χ3n) is 3.11. The van der Waals surface area contributed by atoms with Gasteiger partial charge in [-0.15, -0.1) is 0 Å². The molecule has 2 heterocycles. The van der Waals surface area contributed by atoms with E-state index in [1.54, 1.807) is 5.48 Å². The molecule has 1 aliphatic heterocycles. The Labute approximate surface area is 127 Å². The Morgan fingerprint density at radius 3 is 2.87 bits per heavy atom. The summed E-state index contributed by atoms with van der Waals surface area (Å²) in [5.74, 6) is -1.40. The predicted molar refractivity (Wildman–Crippen MR) is 68.7 cm³/mol. The van der Waals surface area contributed by atoms with Crippen molar-refractivity contribution in [1.82, 2.24) is 9.55 Å². The van der Waals surface area contributed by atoms with Gasteiger partial charge in [-0.3, -0.25) is 20.0 Å². The molecule has 0 aromatic carbocycles. The summed E-state index contributed by atoms with van der Waals surface area (Å²) >= 11 is 0. The van der Waals surface area contributed by atoms with Crippen LogP contribution in [0, 0.1) is 0 Å². The second kappa shape index (κ2) is 6.96. The fourth-order valence-corrected chi connectivity index (χ4v) is 2.11. The Kier molecular flexibility index (Phi) is 5.21. The first kappa shape index (κ1) is 17.2. The van der Waals surface area contributed by atoms with Crippen LogP contribution in [0.3, 0.4) is 0 Å². The van der Waals surface area contributed by atoms with Gasteiger partial charge >= 0.3 is 17.8 Å². The Morgan fingerprint density at radius 1 is 1.52 bits per heavy atom. The summed E-state index contributed by atoms with van der Waals surface area (Å²) in [4.78, 5) is 26.3. The molecule has 2 rings (SSSR count). The predicted octanol–water partition coefficient (Wildman–Crippen LogP) is 1.22. The molecule has 0 saturated carbocycles. The average Bonchev–Trinajstić information content (AvgIpc) is 2.91. The van der Waals surface area contributed by atoms with Gasteiger partial charge in [-0.2, -0.15) is 18.2 Å². The Balaban J connectivity index is 1.87. The van der Waals surface area contributed by atoms with Gasteiger partial charge in [0.2, 0.25) is 0 Å². The van der Waals surface area contributed by atoms with E-state index < -0.39 is 36.6 Å². The maximum atomic E-state index is 12.0. The number of carbonyl (C=O) groups excluding carboxylic acids is 1. The van der Waals surface area contributed by atoms with E-state index in [0.29, 0.717) is 12.8 Å². The highest BCUT2D eigenvalue weighted by molar-refractivity contribution is 5.70. The fourth-order valence-electron chi connectivity index (χ4n) is 2.11. The number of alkyl halides is 3. The number of carbonyl (C=O) groups is 1. The lowest BCUT2D eigenvalue weighted by molar-refractivity contribution is -0.174. The minimum absolute atomic E-state index is 0.0260. The third kappa shape index (κ3) is 4.93. The van der Waals surface area contributed by atoms with Crippen molar-refractivity contribution in [1.29, 1.82) is 0 Å². The van der Waals surface area contributed by atoms with E-state index in [-0.39, 0.29) is 12.4 Å². The standard InChI is InChI=1S/C12H14F3N3O5/c13-12(14,15)5-10(19)22-6-7-1-2-9(23-7)18-4-3-8(17-21)16-11(18)20/h3-4,7,9,21H,1-2,5-6H2,(H,16,17,20). The highest BCUT2D eigenvalue weighted by atomic mass is 19.4. The SMILES string of the molecule is O=C(CC(F)(F)F)OCC1CCC(n2ccc(NO)nc2=O)O1. The number of anilines is 1. The zero-order valence-corrected chi connectivity index (χ0v) is 11.7. The number of hydrogen-bond acceptors (Lipinski definition) is 7. The van der Waals surface area contributed by atoms with Crippen molar-refractivity contribution in [3.8, 4) is 0 Å². The lowest BCUT2D eigenvalue weighted by Gasteiger charge is -2.16. The fraction of sp³-hybridized carbons (Fsp3) is 0.583. The number of aromatic nitrogens is 2. The molecular weight excluding hydrogens is 323 g/mol. The van der Waals surface area contributed by atoms with Gasteiger partial charge in [0.1, 0.15) is 19.3 Å². The summed E-state index contributed by atoms with van der Waals surface area (Å²) < 4.78 is 47.2. The number of esters is 1. The molecule has 0 spiro atoms. The highest BCUT2D eigenvalue weighted by Gasteiger charge is 2.33. The van der Waals surface area contributed by atoms with Crippen molar-refractivity contribution < 1.29 is 32.6 Å². The van der Waals surface area contributed by atoms with Crippen LogP contribution in [0.1, 0.15) is 25.5 Å². The summed E-state index contributed by atoms with van der Waals surface area (Å²) in [6.07, 6.45) is -5.34. The zero-order chi connectivity index (χ0) is 17.0. The van der Waals surface area contributed by atoms with Crippen molar-refractivity contribution in [2.24, 2.45) is 0 Å². The van der Waals surface area contributed by atoms with Crippen LogP contribution in [-0.4, -0.2) is 39.6 Å². The first-order valence-corrected chi connectivity index (χ1v) is 6.65. The Bertz CT molecular complexity index is 619. The van der Waals surface area contributed by atoms with Gasteiger partial charge in [0.05, 0.1) is 6.10 Å². The third-order valence-corrected chi connectivity index (χ3v) is 3.11. The number of nitrogens with one attached hydrogen (secondary N) is 1. The van der Waals surface area contributed by atoms with Crippen LogP contribution in [-0.2, 0) is 14.3 Å². The molecule has 1 aliphatic rings. The van der Waals surface area contributed by atoms with Crippen molar-refractivity contribution in [3.05, 3.63) is 22.7 Å². The van der Waals surface area contributed by atoms with E-state index in [4.69, 9.17) is 9.94 Å². The summed E-state index contributed by atoms with van der Waals surface area (Å²) in [6.45, 7) is -0.316. The van der Waals surface area contributed by atoms with Gasteiger partial charge in [0, 0.05) is 6.20 Å². The van der Waals surface area contributed by atoms with Crippen LogP contribution in [0.15, 0.2) is 17.1 Å². The average molecular weight is 337 g/mol. The molecule has 0 radical (unpaired) electrons. The quantitative estimate of drug-likeness (QED) is 0.615. The summed E-state index contributed by atoms with van der Waals surface area (Å²) in [6, 6.07) is 1.35. The zero-order valence-electron chi connectivity index (χ0n) is 11.7. The number of halogens is 3. The molecular formula is C12H14F3N3O5. The Morgan fingerprint density at radius 2 is 2.26 bits per heavy atom. The number of hydrogen-bond donors (Lipinski definition) is 2. The molecule has 2 atom stereocenters. The lowest BCUT2D eigenvalue weighted by atomic mass is 10.2. The van der Waals surface area contributed by atoms with Crippen LogP contribution in [0.25, 0.3) is 0 Å². The molecule has 2 N–H and O–H groups in total. The van der Waals surface area contributed by atoms with E-state index in [1.807, 2.05) is 0 Å². The monoisotopic (exact) mass is 337 g/mol. The first-order chi connectivity index (χ1) is 10.8. The Hall–Kier alpha value is -2.14. The number of nitrogens with zero attached hydrogens (tertiary/aromatic N) is 2. The maximum absolute atomic E-state index is 12.0. The van der Waals surface area contributed by atoms with E-state index in [0.717, 1.165) is 0 Å². The first-order valence-electron chi connectivity index (χ1n) is 6.65. The minimum atomic E-state index is -4.61. The molecule has 128 valence electrons. The maximum Gasteiger partial charge on any atom is 0.399 e. The van der Waals surface area contributed by atoms with E-state index in [1.165, 1.54) is 16.8 Å². The molecule has 0 amide bonds. The van der Waals surface area contributed by atoms with Gasteiger partial charge in [-0.05, 0) is 18.9 Å². The molecule has 1 fully saturated rings. The number of rotatable bonds is 5. The second-order valence-electron chi connectivity index (χ2n) is 4.88. The van der Waals surface area contributed by atoms with Gasteiger partial charge in [0.15, 0.2) is 5.82 Å². The van der Waals surface area contributed by atoms with Crippen LogP contribution in [0.2, 0.25) is 0 Å². The van der Waals surface area contributed by atoms with Crippen LogP contribution >= 0.6 is 0 Å². The van der Waals surface area contributed by atoms with Crippen LogP contribution < -0.4 is 11.2 Å². The number of ether oxygens (including phenoxy) is 2. The highest BCUT2D eigenvalue weighted by Crippen LogP contribution is 2.27. The van der Waals surface area contributed by atoms with Gasteiger partial charge in [-0.25, -0.2) is 4.79 Å². The van der Waals surface area contributed by atoms with Gasteiger partial charge < -0.3 is 9.47 Å².